The minimum Gasteiger partial charge on any atom is -0.358 e. The van der Waals surface area contributed by atoms with Gasteiger partial charge in [-0.15, -0.1) is 0 Å². The quantitative estimate of drug-likeness (QED) is 0.658. The molecule has 0 aromatic heterocycles. The van der Waals surface area contributed by atoms with E-state index in [0.717, 1.165) is 19.4 Å². The summed E-state index contributed by atoms with van der Waals surface area (Å²) in [5, 5.41) is 2.71. The Morgan fingerprint density at radius 1 is 1.58 bits per heavy atom. The lowest BCUT2D eigenvalue weighted by Gasteiger charge is -2.26. The van der Waals surface area contributed by atoms with Crippen LogP contribution in [0, 0.1) is 0 Å². The number of rotatable bonds is 2. The van der Waals surface area contributed by atoms with Crippen molar-refractivity contribution in [2.75, 3.05) is 13.6 Å². The third-order valence-electron chi connectivity index (χ3n) is 2.51. The van der Waals surface area contributed by atoms with Crippen LogP contribution in [0.3, 0.4) is 0 Å². The Morgan fingerprint density at radius 3 is 2.75 bits per heavy atom. The molecule has 0 spiro atoms. The van der Waals surface area contributed by atoms with Crippen molar-refractivity contribution in [2.45, 2.75) is 38.8 Å². The van der Waals surface area contributed by atoms with Gasteiger partial charge in [0, 0.05) is 13.1 Å². The first-order valence-electron chi connectivity index (χ1n) is 4.64. The smallest absolute Gasteiger partial charge is 0.237 e. The average Bonchev–Trinajstić information content (AvgIpc) is 2.50. The van der Waals surface area contributed by atoms with Crippen molar-refractivity contribution >= 4 is 5.91 Å². The Morgan fingerprint density at radius 2 is 2.25 bits per heavy atom. The minimum absolute atomic E-state index is 0.120. The van der Waals surface area contributed by atoms with Crippen LogP contribution in [-0.4, -0.2) is 36.5 Å². The highest BCUT2D eigenvalue weighted by molar-refractivity contribution is 5.81. The number of hydrogen-bond acceptors (Lipinski definition) is 2. The summed E-state index contributed by atoms with van der Waals surface area (Å²) in [6, 6.07) is 0.602. The molecule has 1 saturated heterocycles. The third kappa shape index (κ3) is 1.78. The number of carbonyl (C=O) groups is 1. The molecule has 70 valence electrons. The Labute approximate surface area is 74.1 Å². The number of hydrogen-bond donors (Lipinski definition) is 1. The normalized spacial score (nSPS) is 24.8. The fourth-order valence-electron chi connectivity index (χ4n) is 1.86. The third-order valence-corrected chi connectivity index (χ3v) is 2.51. The predicted molar refractivity (Wildman–Crippen MR) is 48.9 cm³/mol. The number of nitrogens with one attached hydrogen (secondary N) is 1. The van der Waals surface area contributed by atoms with E-state index >= 15 is 0 Å². The molecule has 0 aliphatic carbocycles. The number of nitrogens with zero attached hydrogens (tertiary/aromatic N) is 1. The van der Waals surface area contributed by atoms with Crippen LogP contribution in [0.1, 0.15) is 26.7 Å². The second-order valence-corrected chi connectivity index (χ2v) is 3.60. The lowest BCUT2D eigenvalue weighted by molar-refractivity contribution is -0.125. The molecule has 1 heterocycles. The van der Waals surface area contributed by atoms with Crippen LogP contribution in [0.25, 0.3) is 0 Å². The molecule has 12 heavy (non-hydrogen) atoms. The Kier molecular flexibility index (Phi) is 3.09. The molecule has 1 fully saturated rings. The standard InChI is InChI=1S/C9H18N2O/c1-7(2)11-6-4-5-8(11)9(12)10-3/h7-8H,4-6H2,1-3H3,(H,10,12). The fourth-order valence-corrected chi connectivity index (χ4v) is 1.86. The van der Waals surface area contributed by atoms with Crippen LogP contribution >= 0.6 is 0 Å². The van der Waals surface area contributed by atoms with Crippen LogP contribution < -0.4 is 5.32 Å². The summed E-state index contributed by atoms with van der Waals surface area (Å²) in [7, 11) is 1.71. The summed E-state index contributed by atoms with van der Waals surface area (Å²) in [6.07, 6.45) is 2.16. The van der Waals surface area contributed by atoms with Gasteiger partial charge in [-0.25, -0.2) is 0 Å². The molecule has 1 aliphatic heterocycles. The molecule has 1 rings (SSSR count). The summed E-state index contributed by atoms with van der Waals surface area (Å²) in [5.74, 6) is 0.168. The topological polar surface area (TPSA) is 32.3 Å². The zero-order valence-corrected chi connectivity index (χ0v) is 8.13. The molecule has 3 nitrogen and oxygen atoms in total. The highest BCUT2D eigenvalue weighted by Crippen LogP contribution is 2.19. The Bertz CT molecular complexity index is 168. The van der Waals surface area contributed by atoms with Crippen LogP contribution in [0.15, 0.2) is 0 Å². The van der Waals surface area contributed by atoms with Crippen molar-refractivity contribution in [1.29, 1.82) is 0 Å². The SMILES string of the molecule is CNC(=O)C1CCCN1C(C)C. The summed E-state index contributed by atoms with van der Waals surface area (Å²) < 4.78 is 0. The summed E-state index contributed by atoms with van der Waals surface area (Å²) in [4.78, 5) is 13.6. The van der Waals surface area contributed by atoms with Gasteiger partial charge in [0.15, 0.2) is 0 Å². The maximum absolute atomic E-state index is 11.4. The largest absolute Gasteiger partial charge is 0.358 e. The molecule has 0 saturated carbocycles. The van der Waals surface area contributed by atoms with Crippen molar-refractivity contribution in [2.24, 2.45) is 0 Å². The highest BCUT2D eigenvalue weighted by Gasteiger charge is 2.31. The van der Waals surface area contributed by atoms with Gasteiger partial charge in [-0.05, 0) is 33.2 Å². The summed E-state index contributed by atoms with van der Waals surface area (Å²) in [6.45, 7) is 5.35. The van der Waals surface area contributed by atoms with E-state index in [1.807, 2.05) is 0 Å². The van der Waals surface area contributed by atoms with Gasteiger partial charge in [0.25, 0.3) is 0 Å². The number of likely N-dealkylation sites (tertiary alicyclic amines) is 1. The lowest BCUT2D eigenvalue weighted by atomic mass is 10.2. The van der Waals surface area contributed by atoms with Gasteiger partial charge in [-0.1, -0.05) is 0 Å². The molecular weight excluding hydrogens is 152 g/mol. The van der Waals surface area contributed by atoms with E-state index < -0.39 is 0 Å². The van der Waals surface area contributed by atoms with Crippen molar-refractivity contribution < 1.29 is 4.79 Å². The van der Waals surface area contributed by atoms with Gasteiger partial charge in [0.2, 0.25) is 5.91 Å². The molecule has 1 N–H and O–H groups in total. The van der Waals surface area contributed by atoms with Crippen LogP contribution in [0.2, 0.25) is 0 Å². The average molecular weight is 170 g/mol. The summed E-state index contributed by atoms with van der Waals surface area (Å²) >= 11 is 0. The monoisotopic (exact) mass is 170 g/mol. The molecule has 0 aromatic carbocycles. The number of amides is 1. The van der Waals surface area contributed by atoms with Crippen LogP contribution in [-0.2, 0) is 4.79 Å². The van der Waals surface area contributed by atoms with E-state index in [2.05, 4.69) is 24.1 Å². The molecule has 0 bridgehead atoms. The van der Waals surface area contributed by atoms with Gasteiger partial charge in [-0.2, -0.15) is 0 Å². The first-order chi connectivity index (χ1) is 5.66. The predicted octanol–water partition coefficient (Wildman–Crippen LogP) is 0.605. The maximum Gasteiger partial charge on any atom is 0.237 e. The highest BCUT2D eigenvalue weighted by atomic mass is 16.2. The first-order valence-corrected chi connectivity index (χ1v) is 4.64. The molecule has 3 heteroatoms. The second-order valence-electron chi connectivity index (χ2n) is 3.60. The van der Waals surface area contributed by atoms with E-state index in [4.69, 9.17) is 0 Å². The first kappa shape index (κ1) is 9.52. The van der Waals surface area contributed by atoms with E-state index in [1.165, 1.54) is 0 Å². The zero-order valence-electron chi connectivity index (χ0n) is 8.13. The molecule has 1 amide bonds. The van der Waals surface area contributed by atoms with Gasteiger partial charge < -0.3 is 5.32 Å². The number of likely N-dealkylation sites (N-methyl/N-ethyl adjacent to an activating group) is 1. The molecule has 1 aliphatic rings. The molecular formula is C9H18N2O. The van der Waals surface area contributed by atoms with Gasteiger partial charge in [0.1, 0.15) is 0 Å². The molecule has 0 aromatic rings. The Balaban J connectivity index is 2.57. The van der Waals surface area contributed by atoms with Crippen molar-refractivity contribution in [3.63, 3.8) is 0 Å². The van der Waals surface area contributed by atoms with Gasteiger partial charge >= 0.3 is 0 Å². The van der Waals surface area contributed by atoms with Crippen molar-refractivity contribution in [1.82, 2.24) is 10.2 Å². The minimum atomic E-state index is 0.120. The van der Waals surface area contributed by atoms with E-state index in [9.17, 15) is 4.79 Å². The van der Waals surface area contributed by atoms with E-state index in [-0.39, 0.29) is 11.9 Å². The molecule has 1 atom stereocenters. The fraction of sp³-hybridized carbons (Fsp3) is 0.889. The Hall–Kier alpha value is -0.570. The van der Waals surface area contributed by atoms with E-state index in [0.29, 0.717) is 6.04 Å². The van der Waals surface area contributed by atoms with Crippen molar-refractivity contribution in [3.05, 3.63) is 0 Å². The molecule has 1 unspecified atom stereocenters. The van der Waals surface area contributed by atoms with Gasteiger partial charge in [0.05, 0.1) is 6.04 Å². The van der Waals surface area contributed by atoms with Crippen LogP contribution in [0.5, 0.6) is 0 Å². The van der Waals surface area contributed by atoms with Crippen molar-refractivity contribution in [3.8, 4) is 0 Å². The maximum atomic E-state index is 11.4. The number of carbonyl (C=O) groups excluding carboxylic acids is 1. The lowest BCUT2D eigenvalue weighted by Crippen LogP contribution is -2.44. The zero-order chi connectivity index (χ0) is 9.14. The second kappa shape index (κ2) is 3.90. The van der Waals surface area contributed by atoms with Gasteiger partial charge in [-0.3, -0.25) is 9.69 Å². The molecule has 0 radical (unpaired) electrons. The van der Waals surface area contributed by atoms with E-state index in [1.54, 1.807) is 7.05 Å². The van der Waals surface area contributed by atoms with Crippen LogP contribution in [0.4, 0.5) is 0 Å². The summed E-state index contributed by atoms with van der Waals surface area (Å²) in [5.41, 5.74) is 0.